The average Bonchev–Trinajstić information content (AvgIpc) is 2.80. The molecule has 0 unspecified atom stereocenters. The van der Waals surface area contributed by atoms with E-state index in [1.165, 1.54) is 24.8 Å². The van der Waals surface area contributed by atoms with Crippen molar-refractivity contribution in [3.63, 3.8) is 0 Å². The molecule has 0 radical (unpaired) electrons. The van der Waals surface area contributed by atoms with E-state index in [1.807, 2.05) is 61.5 Å². The number of nitrogens with one attached hydrogen (secondary N) is 2. The van der Waals surface area contributed by atoms with Crippen molar-refractivity contribution in [1.82, 2.24) is 9.97 Å². The molecule has 2 heterocycles. The molecule has 6 heteroatoms. The molecule has 0 spiro atoms. The van der Waals surface area contributed by atoms with Crippen molar-refractivity contribution in [1.29, 1.82) is 0 Å². The highest BCUT2D eigenvalue weighted by atomic mass is 16.1. The number of nitrogens with zero attached hydrogens (tertiary/aromatic N) is 3. The monoisotopic (exact) mass is 443 g/mol. The van der Waals surface area contributed by atoms with E-state index in [0.29, 0.717) is 11.5 Å². The van der Waals surface area contributed by atoms with Gasteiger partial charge in [-0.1, -0.05) is 32.9 Å². The molecule has 0 saturated carbocycles. The molecule has 1 aliphatic rings. The minimum atomic E-state index is -0.121. The molecule has 2 N–H and O–H groups in total. The molecule has 0 bridgehead atoms. The highest BCUT2D eigenvalue weighted by Gasteiger charge is 2.15. The summed E-state index contributed by atoms with van der Waals surface area (Å²) in [6, 6.07) is 17.4. The number of rotatable bonds is 5. The number of hydrogen-bond donors (Lipinski definition) is 2. The third-order valence-corrected chi connectivity index (χ3v) is 5.93. The van der Waals surface area contributed by atoms with Crippen LogP contribution >= 0.6 is 0 Å². The molecule has 3 aromatic rings. The Labute approximate surface area is 196 Å². The Morgan fingerprint density at radius 2 is 1.52 bits per heavy atom. The van der Waals surface area contributed by atoms with E-state index in [0.717, 1.165) is 36.0 Å². The Morgan fingerprint density at radius 1 is 0.879 bits per heavy atom. The summed E-state index contributed by atoms with van der Waals surface area (Å²) in [5, 5.41) is 6.26. The van der Waals surface area contributed by atoms with Gasteiger partial charge >= 0.3 is 0 Å². The topological polar surface area (TPSA) is 70.2 Å². The summed E-state index contributed by atoms with van der Waals surface area (Å²) in [6.45, 7) is 10.6. The van der Waals surface area contributed by atoms with Crippen LogP contribution in [-0.4, -0.2) is 29.0 Å². The second-order valence-corrected chi connectivity index (χ2v) is 9.72. The number of amides is 1. The lowest BCUT2D eigenvalue weighted by Crippen LogP contribution is -2.30. The van der Waals surface area contributed by atoms with Gasteiger partial charge in [0, 0.05) is 41.8 Å². The summed E-state index contributed by atoms with van der Waals surface area (Å²) in [5.41, 5.74) is 4.46. The maximum Gasteiger partial charge on any atom is 0.255 e. The summed E-state index contributed by atoms with van der Waals surface area (Å²) < 4.78 is 0. The van der Waals surface area contributed by atoms with E-state index < -0.39 is 0 Å². The number of benzene rings is 2. The van der Waals surface area contributed by atoms with E-state index in [-0.39, 0.29) is 11.3 Å². The van der Waals surface area contributed by atoms with Crippen molar-refractivity contribution < 1.29 is 4.79 Å². The first kappa shape index (κ1) is 22.8. The molecule has 1 amide bonds. The van der Waals surface area contributed by atoms with Gasteiger partial charge < -0.3 is 15.5 Å². The molecule has 6 nitrogen and oxygen atoms in total. The molecular formula is C27H33N5O. The zero-order valence-corrected chi connectivity index (χ0v) is 20.0. The molecule has 2 aromatic carbocycles. The highest BCUT2D eigenvalue weighted by molar-refractivity contribution is 6.04. The van der Waals surface area contributed by atoms with Crippen LogP contribution in [0.5, 0.6) is 0 Å². The Morgan fingerprint density at radius 3 is 2.15 bits per heavy atom. The molecule has 1 aliphatic heterocycles. The third kappa shape index (κ3) is 5.89. The molecule has 1 saturated heterocycles. The van der Waals surface area contributed by atoms with Crippen LogP contribution in [0.15, 0.2) is 54.6 Å². The number of aryl methyl sites for hydroxylation is 1. The van der Waals surface area contributed by atoms with Crippen LogP contribution in [0.3, 0.4) is 0 Å². The number of aromatic nitrogens is 2. The van der Waals surface area contributed by atoms with Gasteiger partial charge in [-0.05, 0) is 73.6 Å². The average molecular weight is 444 g/mol. The van der Waals surface area contributed by atoms with Crippen LogP contribution in [0.2, 0.25) is 0 Å². The van der Waals surface area contributed by atoms with Gasteiger partial charge in [-0.3, -0.25) is 4.79 Å². The third-order valence-electron chi connectivity index (χ3n) is 5.93. The summed E-state index contributed by atoms with van der Waals surface area (Å²) in [5.74, 6) is 1.45. The maximum absolute atomic E-state index is 12.6. The second-order valence-electron chi connectivity index (χ2n) is 9.72. The zero-order valence-electron chi connectivity index (χ0n) is 20.0. The largest absolute Gasteiger partial charge is 0.356 e. The van der Waals surface area contributed by atoms with Crippen LogP contribution in [0, 0.1) is 6.92 Å². The summed E-state index contributed by atoms with van der Waals surface area (Å²) in [7, 11) is 0. The van der Waals surface area contributed by atoms with Gasteiger partial charge in [-0.15, -0.1) is 0 Å². The van der Waals surface area contributed by atoms with Crippen molar-refractivity contribution in [2.24, 2.45) is 0 Å². The van der Waals surface area contributed by atoms with Gasteiger partial charge in [0.2, 0.25) is 5.95 Å². The first-order chi connectivity index (χ1) is 15.8. The predicted octanol–water partition coefficient (Wildman–Crippen LogP) is 6.07. The number of carbonyl (C=O) groups excluding carboxylic acids is 1. The summed E-state index contributed by atoms with van der Waals surface area (Å²) >= 11 is 0. The molecule has 1 aromatic heterocycles. The summed E-state index contributed by atoms with van der Waals surface area (Å²) in [4.78, 5) is 24.2. The predicted molar refractivity (Wildman–Crippen MR) is 136 cm³/mol. The Bertz CT molecular complexity index is 1090. The first-order valence-electron chi connectivity index (χ1n) is 11.7. The lowest BCUT2D eigenvalue weighted by molar-refractivity contribution is 0.102. The highest BCUT2D eigenvalue weighted by Crippen LogP contribution is 2.24. The summed E-state index contributed by atoms with van der Waals surface area (Å²) in [6.07, 6.45) is 3.70. The van der Waals surface area contributed by atoms with Gasteiger partial charge in [-0.2, -0.15) is 4.98 Å². The van der Waals surface area contributed by atoms with E-state index in [4.69, 9.17) is 4.98 Å². The van der Waals surface area contributed by atoms with Crippen LogP contribution in [0.4, 0.5) is 23.1 Å². The smallest absolute Gasteiger partial charge is 0.255 e. The fourth-order valence-electron chi connectivity index (χ4n) is 3.98. The van der Waals surface area contributed by atoms with Gasteiger partial charge in [0.15, 0.2) is 0 Å². The Kier molecular flexibility index (Phi) is 6.63. The van der Waals surface area contributed by atoms with E-state index in [2.05, 4.69) is 41.3 Å². The Balaban J connectivity index is 1.40. The molecule has 0 aliphatic carbocycles. The quantitative estimate of drug-likeness (QED) is 0.501. The minimum absolute atomic E-state index is 0.0629. The van der Waals surface area contributed by atoms with Gasteiger partial charge in [0.25, 0.3) is 5.91 Å². The van der Waals surface area contributed by atoms with Gasteiger partial charge in [-0.25, -0.2) is 4.98 Å². The standard InChI is InChI=1S/C27H33N5O/c1-19-18-24(32-16-6-5-7-17-32)31-26(28-19)30-23-14-12-22(13-15-23)29-25(33)20-8-10-21(11-9-20)27(2,3)4/h8-15,18H,5-7,16-17H2,1-4H3,(H,29,33)(H,28,30,31). The normalized spacial score (nSPS) is 14.1. The van der Waals surface area contributed by atoms with Crippen LogP contribution in [0.1, 0.15) is 61.6 Å². The number of hydrogen-bond acceptors (Lipinski definition) is 5. The number of anilines is 4. The zero-order chi connectivity index (χ0) is 23.4. The van der Waals surface area contributed by atoms with E-state index in [1.54, 1.807) is 0 Å². The fourth-order valence-corrected chi connectivity index (χ4v) is 3.98. The fraction of sp³-hybridized carbons (Fsp3) is 0.370. The van der Waals surface area contributed by atoms with Gasteiger partial charge in [0.05, 0.1) is 0 Å². The molecular weight excluding hydrogens is 410 g/mol. The van der Waals surface area contributed by atoms with E-state index in [9.17, 15) is 4.79 Å². The van der Waals surface area contributed by atoms with Crippen molar-refractivity contribution in [3.05, 3.63) is 71.4 Å². The molecule has 4 rings (SSSR count). The first-order valence-corrected chi connectivity index (χ1v) is 11.7. The van der Waals surface area contributed by atoms with Crippen molar-refractivity contribution in [2.45, 2.75) is 52.4 Å². The van der Waals surface area contributed by atoms with Crippen LogP contribution in [-0.2, 0) is 5.41 Å². The molecule has 172 valence electrons. The molecule has 1 fully saturated rings. The second kappa shape index (κ2) is 9.61. The van der Waals surface area contributed by atoms with Crippen LogP contribution in [0.25, 0.3) is 0 Å². The minimum Gasteiger partial charge on any atom is -0.356 e. The lowest BCUT2D eigenvalue weighted by atomic mass is 9.87. The Hall–Kier alpha value is -3.41. The molecule has 0 atom stereocenters. The number of carbonyl (C=O) groups is 1. The SMILES string of the molecule is Cc1cc(N2CCCCC2)nc(Nc2ccc(NC(=O)c3ccc(C(C)(C)C)cc3)cc2)n1. The van der Waals surface area contributed by atoms with Crippen molar-refractivity contribution in [3.8, 4) is 0 Å². The van der Waals surface area contributed by atoms with Crippen molar-refractivity contribution in [2.75, 3.05) is 28.6 Å². The lowest BCUT2D eigenvalue weighted by Gasteiger charge is -2.28. The van der Waals surface area contributed by atoms with E-state index >= 15 is 0 Å². The maximum atomic E-state index is 12.6. The van der Waals surface area contributed by atoms with Crippen LogP contribution < -0.4 is 15.5 Å². The number of piperidine rings is 1. The van der Waals surface area contributed by atoms with Gasteiger partial charge in [0.1, 0.15) is 5.82 Å². The van der Waals surface area contributed by atoms with Crippen molar-refractivity contribution >= 4 is 29.0 Å². The molecule has 33 heavy (non-hydrogen) atoms.